The highest BCUT2D eigenvalue weighted by Crippen LogP contribution is 2.40. The number of hydrogen-bond donors (Lipinski definition) is 1. The molecule has 0 aromatic heterocycles. The van der Waals surface area contributed by atoms with Gasteiger partial charge in [0.2, 0.25) is 15.9 Å². The average molecular weight is 426 g/mol. The van der Waals surface area contributed by atoms with Crippen LogP contribution in [-0.2, 0) is 14.8 Å². The maximum absolute atomic E-state index is 12.9. The van der Waals surface area contributed by atoms with E-state index >= 15 is 0 Å². The monoisotopic (exact) mass is 425 g/mol. The summed E-state index contributed by atoms with van der Waals surface area (Å²) in [5.41, 5.74) is -0.303. The summed E-state index contributed by atoms with van der Waals surface area (Å²) >= 11 is 0. The van der Waals surface area contributed by atoms with Crippen molar-refractivity contribution in [2.24, 2.45) is 17.8 Å². The Bertz CT molecular complexity index is 779. The molecule has 0 aromatic carbocycles. The van der Waals surface area contributed by atoms with Crippen molar-refractivity contribution in [2.75, 3.05) is 13.6 Å². The fourth-order valence-corrected chi connectivity index (χ4v) is 7.61. The van der Waals surface area contributed by atoms with E-state index in [0.717, 1.165) is 25.7 Å². The number of fused-ring (bicyclic) bond motifs is 1. The Labute approximate surface area is 174 Å². The van der Waals surface area contributed by atoms with Crippen molar-refractivity contribution in [3.05, 3.63) is 0 Å². The van der Waals surface area contributed by atoms with Gasteiger partial charge in [-0.25, -0.2) is 17.9 Å². The standard InChI is InChI=1S/C21H35N3O4S/c1-14-5-4-6-15(11-14)13-24-18-8-7-16(29(27,28)22-21(2)9-10-21)12-17(18)19(25)23(3)20(24)26/h14-18,22H,4-13H2,1-3H3. The molecule has 3 saturated carbocycles. The van der Waals surface area contributed by atoms with E-state index in [-0.39, 0.29) is 23.5 Å². The van der Waals surface area contributed by atoms with Crippen LogP contribution in [0.5, 0.6) is 0 Å². The molecule has 1 aliphatic heterocycles. The molecule has 0 bridgehead atoms. The fourth-order valence-electron chi connectivity index (χ4n) is 5.65. The van der Waals surface area contributed by atoms with E-state index in [9.17, 15) is 18.0 Å². The second-order valence-electron chi connectivity index (χ2n) is 10.3. The number of nitrogens with one attached hydrogen (secondary N) is 1. The van der Waals surface area contributed by atoms with E-state index in [1.54, 1.807) is 7.05 Å². The van der Waals surface area contributed by atoms with Crippen molar-refractivity contribution in [1.82, 2.24) is 14.5 Å². The Hall–Kier alpha value is -1.15. The Morgan fingerprint density at radius 1 is 1.10 bits per heavy atom. The van der Waals surface area contributed by atoms with Gasteiger partial charge in [0.1, 0.15) is 0 Å². The second kappa shape index (κ2) is 7.52. The minimum atomic E-state index is -3.46. The summed E-state index contributed by atoms with van der Waals surface area (Å²) in [6, 6.07) is -0.370. The lowest BCUT2D eigenvalue weighted by atomic mass is 9.78. The van der Waals surface area contributed by atoms with Gasteiger partial charge in [-0.05, 0) is 63.7 Å². The summed E-state index contributed by atoms with van der Waals surface area (Å²) in [7, 11) is -1.92. The van der Waals surface area contributed by atoms with Crippen molar-refractivity contribution in [3.8, 4) is 0 Å². The van der Waals surface area contributed by atoms with E-state index in [4.69, 9.17) is 0 Å². The van der Waals surface area contributed by atoms with Crippen molar-refractivity contribution >= 4 is 22.0 Å². The SMILES string of the molecule is CC1CCCC(CN2C(=O)N(C)C(=O)C3CC(S(=O)(=O)NC4(C)CC4)CCC32)C1. The third-order valence-electron chi connectivity index (χ3n) is 7.67. The number of carbonyl (C=O) groups is 2. The Morgan fingerprint density at radius 3 is 2.48 bits per heavy atom. The van der Waals surface area contributed by atoms with Gasteiger partial charge in [0.25, 0.3) is 0 Å². The van der Waals surface area contributed by atoms with Gasteiger partial charge in [0.05, 0.1) is 11.2 Å². The Balaban J connectivity index is 1.49. The zero-order chi connectivity index (χ0) is 21.0. The highest BCUT2D eigenvalue weighted by molar-refractivity contribution is 7.90. The summed E-state index contributed by atoms with van der Waals surface area (Å²) in [5, 5.41) is -0.553. The summed E-state index contributed by atoms with van der Waals surface area (Å²) in [4.78, 5) is 28.9. The highest BCUT2D eigenvalue weighted by atomic mass is 32.2. The number of nitrogens with zero attached hydrogens (tertiary/aromatic N) is 2. The average Bonchev–Trinajstić information content (AvgIpc) is 3.39. The van der Waals surface area contributed by atoms with E-state index in [2.05, 4.69) is 11.6 Å². The first kappa shape index (κ1) is 21.1. The summed E-state index contributed by atoms with van der Waals surface area (Å²) in [6.45, 7) is 4.89. The van der Waals surface area contributed by atoms with Crippen LogP contribution in [0.4, 0.5) is 4.79 Å². The van der Waals surface area contributed by atoms with Crippen LogP contribution in [0.3, 0.4) is 0 Å². The molecule has 7 nitrogen and oxygen atoms in total. The smallest absolute Gasteiger partial charge is 0.320 e. The first-order valence-corrected chi connectivity index (χ1v) is 12.8. The molecule has 0 aromatic rings. The molecule has 0 radical (unpaired) electrons. The lowest BCUT2D eigenvalue weighted by Gasteiger charge is -2.48. The molecular formula is C21H35N3O4S. The van der Waals surface area contributed by atoms with Crippen molar-refractivity contribution < 1.29 is 18.0 Å². The second-order valence-corrected chi connectivity index (χ2v) is 12.2. The van der Waals surface area contributed by atoms with Gasteiger partial charge < -0.3 is 4.90 Å². The van der Waals surface area contributed by atoms with Crippen molar-refractivity contribution in [3.63, 3.8) is 0 Å². The third kappa shape index (κ3) is 4.20. The molecule has 8 heteroatoms. The molecule has 5 unspecified atom stereocenters. The molecule has 4 fully saturated rings. The minimum Gasteiger partial charge on any atom is -0.320 e. The number of carbonyl (C=O) groups excluding carboxylic acids is 2. The largest absolute Gasteiger partial charge is 0.326 e. The van der Waals surface area contributed by atoms with Crippen LogP contribution in [0.2, 0.25) is 0 Å². The van der Waals surface area contributed by atoms with Gasteiger partial charge in [-0.15, -0.1) is 0 Å². The normalized spacial score (nSPS) is 37.4. The van der Waals surface area contributed by atoms with Crippen LogP contribution in [0.25, 0.3) is 0 Å². The summed E-state index contributed by atoms with van der Waals surface area (Å²) in [6.07, 6.45) is 7.84. The number of rotatable bonds is 5. The van der Waals surface area contributed by atoms with E-state index in [1.807, 2.05) is 11.8 Å². The fraction of sp³-hybridized carbons (Fsp3) is 0.905. The van der Waals surface area contributed by atoms with Gasteiger partial charge in [0.15, 0.2) is 0 Å². The molecule has 29 heavy (non-hydrogen) atoms. The molecule has 3 aliphatic carbocycles. The van der Waals surface area contributed by atoms with Crippen LogP contribution in [-0.4, -0.2) is 60.6 Å². The van der Waals surface area contributed by atoms with Crippen LogP contribution < -0.4 is 4.72 Å². The maximum Gasteiger partial charge on any atom is 0.326 e. The van der Waals surface area contributed by atoms with Gasteiger partial charge >= 0.3 is 6.03 Å². The van der Waals surface area contributed by atoms with E-state index in [0.29, 0.717) is 37.6 Å². The molecule has 3 amide bonds. The molecule has 0 spiro atoms. The molecule has 1 heterocycles. The number of urea groups is 1. The number of amides is 3. The van der Waals surface area contributed by atoms with Gasteiger partial charge in [-0.3, -0.25) is 9.69 Å². The Morgan fingerprint density at radius 2 is 1.83 bits per heavy atom. The predicted molar refractivity (Wildman–Crippen MR) is 111 cm³/mol. The van der Waals surface area contributed by atoms with Crippen LogP contribution in [0.15, 0.2) is 0 Å². The molecule has 164 valence electrons. The van der Waals surface area contributed by atoms with E-state index < -0.39 is 21.2 Å². The maximum atomic E-state index is 12.9. The van der Waals surface area contributed by atoms with Gasteiger partial charge in [0, 0.05) is 25.2 Å². The highest BCUT2D eigenvalue weighted by Gasteiger charge is 2.51. The van der Waals surface area contributed by atoms with Crippen LogP contribution in [0.1, 0.15) is 71.6 Å². The lowest BCUT2D eigenvalue weighted by molar-refractivity contribution is -0.139. The number of imide groups is 1. The third-order valence-corrected chi connectivity index (χ3v) is 9.76. The number of sulfonamides is 1. The first-order chi connectivity index (χ1) is 13.6. The van der Waals surface area contributed by atoms with Crippen LogP contribution in [0, 0.1) is 17.8 Å². The van der Waals surface area contributed by atoms with E-state index in [1.165, 1.54) is 17.7 Å². The van der Waals surface area contributed by atoms with Crippen molar-refractivity contribution in [2.45, 2.75) is 88.5 Å². The zero-order valence-corrected chi connectivity index (χ0v) is 18.7. The van der Waals surface area contributed by atoms with Gasteiger partial charge in [-0.1, -0.05) is 19.8 Å². The van der Waals surface area contributed by atoms with Gasteiger partial charge in [-0.2, -0.15) is 0 Å². The number of hydrogen-bond acceptors (Lipinski definition) is 4. The predicted octanol–water partition coefficient (Wildman–Crippen LogP) is 2.72. The topological polar surface area (TPSA) is 86.8 Å². The minimum absolute atomic E-state index is 0.161. The molecule has 4 aliphatic rings. The molecule has 1 N–H and O–H groups in total. The first-order valence-electron chi connectivity index (χ1n) is 11.2. The molecular weight excluding hydrogens is 390 g/mol. The lowest BCUT2D eigenvalue weighted by Crippen LogP contribution is -2.63. The zero-order valence-electron chi connectivity index (χ0n) is 17.9. The molecule has 5 atom stereocenters. The van der Waals surface area contributed by atoms with Crippen LogP contribution >= 0.6 is 0 Å². The molecule has 4 rings (SSSR count). The molecule has 1 saturated heterocycles. The summed E-state index contributed by atoms with van der Waals surface area (Å²) < 4.78 is 28.6. The Kier molecular flexibility index (Phi) is 5.47. The quantitative estimate of drug-likeness (QED) is 0.734. The summed E-state index contributed by atoms with van der Waals surface area (Å²) in [5.74, 6) is 0.522. The van der Waals surface area contributed by atoms with Crippen molar-refractivity contribution in [1.29, 1.82) is 0 Å².